The average molecular weight is 287 g/mol. The van der Waals surface area contributed by atoms with Gasteiger partial charge in [0.05, 0.1) is 10.3 Å². The Morgan fingerprint density at radius 2 is 1.55 bits per heavy atom. The average Bonchev–Trinajstić information content (AvgIpc) is 2.47. The summed E-state index contributed by atoms with van der Waals surface area (Å²) >= 11 is 0. The van der Waals surface area contributed by atoms with Crippen molar-refractivity contribution in [3.05, 3.63) is 77.3 Å². The summed E-state index contributed by atoms with van der Waals surface area (Å²) < 4.78 is 24.3. The third kappa shape index (κ3) is 3.96. The highest BCUT2D eigenvalue weighted by atomic mass is 32.2. The second-order valence-electron chi connectivity index (χ2n) is 4.50. The number of hydrogen-bond acceptors (Lipinski definition) is 3. The van der Waals surface area contributed by atoms with Crippen molar-refractivity contribution in [3.8, 4) is 0 Å². The first-order valence-electron chi connectivity index (χ1n) is 6.34. The van der Waals surface area contributed by atoms with Gasteiger partial charge in [-0.25, -0.2) is 8.42 Å². The molecule has 0 aliphatic carbocycles. The minimum absolute atomic E-state index is 0.306. The lowest BCUT2D eigenvalue weighted by atomic mass is 10.2. The first-order valence-corrected chi connectivity index (χ1v) is 7.89. The van der Waals surface area contributed by atoms with Crippen LogP contribution in [0.2, 0.25) is 0 Å². The topological polar surface area (TPSA) is 46.2 Å². The molecule has 0 saturated heterocycles. The highest BCUT2D eigenvalue weighted by Gasteiger charge is 2.10. The molecule has 0 spiro atoms. The van der Waals surface area contributed by atoms with Crippen molar-refractivity contribution in [1.82, 2.24) is 5.32 Å². The molecule has 0 heterocycles. The molecule has 0 aliphatic heterocycles. The van der Waals surface area contributed by atoms with Gasteiger partial charge in [0.25, 0.3) is 0 Å². The molecule has 0 fully saturated rings. The Bertz CT molecular complexity index is 677. The van der Waals surface area contributed by atoms with Gasteiger partial charge in [-0.15, -0.1) is 0 Å². The zero-order valence-corrected chi connectivity index (χ0v) is 12.1. The van der Waals surface area contributed by atoms with Gasteiger partial charge in [-0.3, -0.25) is 0 Å². The summed E-state index contributed by atoms with van der Waals surface area (Å²) in [5, 5.41) is 4.38. The third-order valence-electron chi connectivity index (χ3n) is 2.82. The van der Waals surface area contributed by atoms with E-state index in [1.54, 1.807) is 37.3 Å². The Kier molecular flexibility index (Phi) is 4.58. The third-order valence-corrected chi connectivity index (χ3v) is 4.41. The number of nitrogens with one attached hydrogen (secondary N) is 1. The highest BCUT2D eigenvalue weighted by Crippen LogP contribution is 2.12. The molecule has 4 heteroatoms. The van der Waals surface area contributed by atoms with E-state index in [9.17, 15) is 8.42 Å². The van der Waals surface area contributed by atoms with Crippen molar-refractivity contribution in [2.24, 2.45) is 0 Å². The largest absolute Gasteiger partial charge is 0.384 e. The number of allylic oxidation sites excluding steroid dienone is 1. The standard InChI is InChI=1S/C16H17NO2S/c1-14(17-12-15-8-4-2-5-9-15)13-20(18,19)16-10-6-3-7-11-16/h2-11,13,17H,12H2,1H3/b14-13-. The maximum absolute atomic E-state index is 12.1. The van der Waals surface area contributed by atoms with Gasteiger partial charge in [-0.2, -0.15) is 0 Å². The van der Waals surface area contributed by atoms with E-state index >= 15 is 0 Å². The lowest BCUT2D eigenvalue weighted by Crippen LogP contribution is -2.12. The van der Waals surface area contributed by atoms with E-state index in [0.29, 0.717) is 17.1 Å². The molecule has 2 aromatic carbocycles. The fourth-order valence-electron chi connectivity index (χ4n) is 1.79. The van der Waals surface area contributed by atoms with E-state index in [4.69, 9.17) is 0 Å². The molecule has 1 N–H and O–H groups in total. The summed E-state index contributed by atoms with van der Waals surface area (Å²) in [6, 6.07) is 18.3. The molecular weight excluding hydrogens is 270 g/mol. The molecule has 0 radical (unpaired) electrons. The Balaban J connectivity index is 2.07. The van der Waals surface area contributed by atoms with Crippen LogP contribution >= 0.6 is 0 Å². The van der Waals surface area contributed by atoms with Crippen LogP contribution in [0.5, 0.6) is 0 Å². The smallest absolute Gasteiger partial charge is 0.201 e. The normalized spacial score (nSPS) is 12.2. The van der Waals surface area contributed by atoms with Gasteiger partial charge >= 0.3 is 0 Å². The predicted molar refractivity (Wildman–Crippen MR) is 80.7 cm³/mol. The van der Waals surface area contributed by atoms with Crippen LogP contribution < -0.4 is 5.32 Å². The van der Waals surface area contributed by atoms with Crippen molar-refractivity contribution < 1.29 is 8.42 Å². The Hall–Kier alpha value is -2.07. The van der Waals surface area contributed by atoms with Crippen molar-refractivity contribution in [2.45, 2.75) is 18.4 Å². The summed E-state index contributed by atoms with van der Waals surface area (Å²) in [5.41, 5.74) is 1.73. The summed E-state index contributed by atoms with van der Waals surface area (Å²) in [6.07, 6.45) is 0. The second-order valence-corrected chi connectivity index (χ2v) is 6.30. The van der Waals surface area contributed by atoms with Gasteiger partial charge in [0.1, 0.15) is 0 Å². The Labute approximate surface area is 119 Å². The van der Waals surface area contributed by atoms with Crippen molar-refractivity contribution in [2.75, 3.05) is 0 Å². The monoisotopic (exact) mass is 287 g/mol. The van der Waals surface area contributed by atoms with Gasteiger partial charge in [0.2, 0.25) is 9.84 Å². The van der Waals surface area contributed by atoms with Crippen molar-refractivity contribution in [1.29, 1.82) is 0 Å². The fraction of sp³-hybridized carbons (Fsp3) is 0.125. The summed E-state index contributed by atoms with van der Waals surface area (Å²) in [6.45, 7) is 2.36. The second kappa shape index (κ2) is 6.39. The van der Waals surface area contributed by atoms with Crippen molar-refractivity contribution >= 4 is 9.84 Å². The van der Waals surface area contributed by atoms with Gasteiger partial charge in [0.15, 0.2) is 0 Å². The molecule has 0 bridgehead atoms. The molecule has 0 saturated carbocycles. The van der Waals surface area contributed by atoms with Crippen molar-refractivity contribution in [3.63, 3.8) is 0 Å². The number of hydrogen-bond donors (Lipinski definition) is 1. The molecule has 20 heavy (non-hydrogen) atoms. The first-order chi connectivity index (χ1) is 9.58. The van der Waals surface area contributed by atoms with Crippen LogP contribution in [-0.2, 0) is 16.4 Å². The lowest BCUT2D eigenvalue weighted by Gasteiger charge is -2.07. The van der Waals surface area contributed by atoms with Crippen LogP contribution in [0.1, 0.15) is 12.5 Å². The first kappa shape index (κ1) is 14.3. The molecule has 2 rings (SSSR count). The molecule has 0 atom stereocenters. The van der Waals surface area contributed by atoms with E-state index in [0.717, 1.165) is 5.56 Å². The Morgan fingerprint density at radius 1 is 1.00 bits per heavy atom. The number of benzene rings is 2. The zero-order chi connectivity index (χ0) is 14.4. The van der Waals surface area contributed by atoms with Gasteiger partial charge < -0.3 is 5.32 Å². The molecule has 0 aliphatic rings. The van der Waals surface area contributed by atoms with E-state index < -0.39 is 9.84 Å². The summed E-state index contributed by atoms with van der Waals surface area (Å²) in [7, 11) is -3.39. The molecule has 0 unspecified atom stereocenters. The van der Waals surface area contributed by atoms with Crippen LogP contribution in [-0.4, -0.2) is 8.42 Å². The quantitative estimate of drug-likeness (QED) is 0.919. The molecule has 104 valence electrons. The fourth-order valence-corrected chi connectivity index (χ4v) is 3.01. The van der Waals surface area contributed by atoms with Gasteiger partial charge in [-0.05, 0) is 24.6 Å². The molecule has 2 aromatic rings. The van der Waals surface area contributed by atoms with Crippen LogP contribution in [0, 0.1) is 0 Å². The summed E-state index contributed by atoms with van der Waals surface area (Å²) in [5.74, 6) is 0. The molecule has 0 aromatic heterocycles. The maximum Gasteiger partial charge on any atom is 0.201 e. The molecule has 0 amide bonds. The minimum atomic E-state index is -3.39. The zero-order valence-electron chi connectivity index (χ0n) is 11.3. The lowest BCUT2D eigenvalue weighted by molar-refractivity contribution is 0.604. The van der Waals surface area contributed by atoms with E-state index in [2.05, 4.69) is 5.32 Å². The van der Waals surface area contributed by atoms with E-state index in [-0.39, 0.29) is 0 Å². The van der Waals surface area contributed by atoms with E-state index in [1.807, 2.05) is 30.3 Å². The maximum atomic E-state index is 12.1. The number of rotatable bonds is 5. The summed E-state index contributed by atoms with van der Waals surface area (Å²) in [4.78, 5) is 0.306. The van der Waals surface area contributed by atoms with Gasteiger partial charge in [0, 0.05) is 12.2 Å². The van der Waals surface area contributed by atoms with Crippen LogP contribution in [0.15, 0.2) is 76.7 Å². The van der Waals surface area contributed by atoms with E-state index in [1.165, 1.54) is 5.41 Å². The van der Waals surface area contributed by atoms with Crippen LogP contribution in [0.3, 0.4) is 0 Å². The molecule has 3 nitrogen and oxygen atoms in total. The van der Waals surface area contributed by atoms with Crippen LogP contribution in [0.4, 0.5) is 0 Å². The Morgan fingerprint density at radius 3 is 2.15 bits per heavy atom. The highest BCUT2D eigenvalue weighted by molar-refractivity contribution is 7.94. The minimum Gasteiger partial charge on any atom is -0.384 e. The SMILES string of the molecule is C/C(=C/S(=O)(=O)c1ccccc1)NCc1ccccc1. The van der Waals surface area contributed by atoms with Crippen LogP contribution in [0.25, 0.3) is 0 Å². The predicted octanol–water partition coefficient (Wildman–Crippen LogP) is 3.11. The number of sulfone groups is 1. The van der Waals surface area contributed by atoms with Gasteiger partial charge in [-0.1, -0.05) is 48.5 Å². The molecular formula is C16H17NO2S.